The van der Waals surface area contributed by atoms with Crippen LogP contribution in [0.5, 0.6) is 0 Å². The summed E-state index contributed by atoms with van der Waals surface area (Å²) in [6.45, 7) is 5.66. The summed E-state index contributed by atoms with van der Waals surface area (Å²) in [5, 5.41) is 2.65. The molecule has 0 saturated carbocycles. The third kappa shape index (κ3) is 4.19. The van der Waals surface area contributed by atoms with E-state index in [0.29, 0.717) is 32.7 Å². The largest absolute Gasteiger partial charge is 0.359 e. The molecule has 3 amide bonds. The molecule has 22 heavy (non-hydrogen) atoms. The Morgan fingerprint density at radius 2 is 1.68 bits per heavy atom. The maximum Gasteiger partial charge on any atom is 0.236 e. The van der Waals surface area contributed by atoms with Crippen LogP contribution in [0, 0.1) is 5.92 Å². The standard InChI is InChI=1S/C15H26N4O3/c1-12(20)19-8-7-17(9-13(10-19)15(22)16-2)11-14(21)18-5-3-4-6-18/h13H,3-11H2,1-2H3,(H,16,22)/t13-/m0/s1. The second-order valence-corrected chi connectivity index (χ2v) is 6.10. The van der Waals surface area contributed by atoms with Crippen molar-refractivity contribution in [1.82, 2.24) is 20.0 Å². The summed E-state index contributed by atoms with van der Waals surface area (Å²) >= 11 is 0. The fourth-order valence-electron chi connectivity index (χ4n) is 3.14. The molecule has 7 nitrogen and oxygen atoms in total. The molecule has 0 aromatic carbocycles. The third-order valence-corrected chi connectivity index (χ3v) is 4.49. The van der Waals surface area contributed by atoms with Gasteiger partial charge in [0.1, 0.15) is 0 Å². The number of hydrogen-bond donors (Lipinski definition) is 1. The smallest absolute Gasteiger partial charge is 0.236 e. The van der Waals surface area contributed by atoms with Gasteiger partial charge in [-0.1, -0.05) is 0 Å². The molecule has 2 rings (SSSR count). The number of carbonyl (C=O) groups is 3. The van der Waals surface area contributed by atoms with Gasteiger partial charge in [-0.25, -0.2) is 0 Å². The van der Waals surface area contributed by atoms with Crippen LogP contribution in [0.2, 0.25) is 0 Å². The normalized spacial score (nSPS) is 23.3. The van der Waals surface area contributed by atoms with Gasteiger partial charge in [-0.05, 0) is 12.8 Å². The van der Waals surface area contributed by atoms with Gasteiger partial charge in [-0.15, -0.1) is 0 Å². The molecule has 2 aliphatic rings. The molecule has 0 bridgehead atoms. The molecule has 7 heteroatoms. The molecule has 124 valence electrons. The Labute approximate surface area is 131 Å². The van der Waals surface area contributed by atoms with Crippen LogP contribution >= 0.6 is 0 Å². The van der Waals surface area contributed by atoms with Gasteiger partial charge in [0.2, 0.25) is 17.7 Å². The van der Waals surface area contributed by atoms with Crippen LogP contribution in [-0.2, 0) is 14.4 Å². The maximum atomic E-state index is 12.3. The van der Waals surface area contributed by atoms with Crippen molar-refractivity contribution in [2.45, 2.75) is 19.8 Å². The second-order valence-electron chi connectivity index (χ2n) is 6.10. The first kappa shape index (κ1) is 16.7. The minimum Gasteiger partial charge on any atom is -0.359 e. The van der Waals surface area contributed by atoms with E-state index < -0.39 is 0 Å². The average Bonchev–Trinajstić information content (AvgIpc) is 2.95. The van der Waals surface area contributed by atoms with Crippen molar-refractivity contribution in [1.29, 1.82) is 0 Å². The molecule has 0 aliphatic carbocycles. The Balaban J connectivity index is 1.99. The summed E-state index contributed by atoms with van der Waals surface area (Å²) in [6.07, 6.45) is 2.15. The van der Waals surface area contributed by atoms with Gasteiger partial charge in [-0.3, -0.25) is 19.3 Å². The zero-order chi connectivity index (χ0) is 16.1. The van der Waals surface area contributed by atoms with E-state index >= 15 is 0 Å². The molecule has 1 N–H and O–H groups in total. The molecule has 0 unspecified atom stereocenters. The highest BCUT2D eigenvalue weighted by atomic mass is 16.2. The first-order valence-electron chi connectivity index (χ1n) is 7.98. The van der Waals surface area contributed by atoms with Gasteiger partial charge >= 0.3 is 0 Å². The lowest BCUT2D eigenvalue weighted by Gasteiger charge is -2.24. The fraction of sp³-hybridized carbons (Fsp3) is 0.800. The van der Waals surface area contributed by atoms with Crippen LogP contribution in [0.3, 0.4) is 0 Å². The summed E-state index contributed by atoms with van der Waals surface area (Å²) in [7, 11) is 1.60. The number of hydrogen-bond acceptors (Lipinski definition) is 4. The van der Waals surface area contributed by atoms with Crippen molar-refractivity contribution >= 4 is 17.7 Å². The predicted octanol–water partition coefficient (Wildman–Crippen LogP) is -0.865. The first-order chi connectivity index (χ1) is 10.5. The van der Waals surface area contributed by atoms with Gasteiger partial charge in [0.05, 0.1) is 12.5 Å². The second kappa shape index (κ2) is 7.58. The van der Waals surface area contributed by atoms with Gasteiger partial charge in [0.25, 0.3) is 0 Å². The summed E-state index contributed by atoms with van der Waals surface area (Å²) in [4.78, 5) is 41.5. The molecular formula is C15H26N4O3. The Hall–Kier alpha value is -1.63. The third-order valence-electron chi connectivity index (χ3n) is 4.49. The number of likely N-dealkylation sites (tertiary alicyclic amines) is 1. The van der Waals surface area contributed by atoms with Crippen LogP contribution in [0.1, 0.15) is 19.8 Å². The minimum atomic E-state index is -0.289. The van der Waals surface area contributed by atoms with Gasteiger partial charge in [0, 0.05) is 53.2 Å². The highest BCUT2D eigenvalue weighted by molar-refractivity contribution is 5.81. The monoisotopic (exact) mass is 310 g/mol. The highest BCUT2D eigenvalue weighted by Crippen LogP contribution is 2.13. The minimum absolute atomic E-state index is 0.0263. The molecule has 2 aliphatic heterocycles. The topological polar surface area (TPSA) is 73.0 Å². The number of carbonyl (C=O) groups excluding carboxylic acids is 3. The molecule has 0 aromatic heterocycles. The SMILES string of the molecule is CNC(=O)[C@H]1CN(CC(=O)N2CCCC2)CCN(C(C)=O)C1. The Bertz CT molecular complexity index is 435. The zero-order valence-electron chi connectivity index (χ0n) is 13.5. The molecule has 0 spiro atoms. The first-order valence-corrected chi connectivity index (χ1v) is 7.98. The average molecular weight is 310 g/mol. The van der Waals surface area contributed by atoms with Crippen molar-refractivity contribution < 1.29 is 14.4 Å². The van der Waals surface area contributed by atoms with E-state index in [1.54, 1.807) is 11.9 Å². The van der Waals surface area contributed by atoms with Crippen LogP contribution in [0.15, 0.2) is 0 Å². The molecule has 2 heterocycles. The van der Waals surface area contributed by atoms with Crippen molar-refractivity contribution in [3.05, 3.63) is 0 Å². The van der Waals surface area contributed by atoms with Gasteiger partial charge in [-0.2, -0.15) is 0 Å². The summed E-state index contributed by atoms with van der Waals surface area (Å²) in [5.74, 6) is -0.263. The van der Waals surface area contributed by atoms with E-state index in [-0.39, 0.29) is 23.6 Å². The Kier molecular flexibility index (Phi) is 5.76. The van der Waals surface area contributed by atoms with E-state index in [1.807, 2.05) is 9.80 Å². The van der Waals surface area contributed by atoms with E-state index in [2.05, 4.69) is 5.32 Å². The van der Waals surface area contributed by atoms with Crippen molar-refractivity contribution in [3.8, 4) is 0 Å². The van der Waals surface area contributed by atoms with Crippen molar-refractivity contribution in [2.75, 3.05) is 52.9 Å². The molecule has 0 aromatic rings. The Morgan fingerprint density at radius 1 is 1.00 bits per heavy atom. The summed E-state index contributed by atoms with van der Waals surface area (Å²) < 4.78 is 0. The van der Waals surface area contributed by atoms with E-state index in [0.717, 1.165) is 25.9 Å². The number of amides is 3. The van der Waals surface area contributed by atoms with Crippen LogP contribution in [-0.4, -0.2) is 85.3 Å². The van der Waals surface area contributed by atoms with Crippen molar-refractivity contribution in [2.24, 2.45) is 5.92 Å². The quantitative estimate of drug-likeness (QED) is 0.736. The molecule has 2 saturated heterocycles. The van der Waals surface area contributed by atoms with E-state index in [4.69, 9.17) is 0 Å². The van der Waals surface area contributed by atoms with Crippen LogP contribution in [0.4, 0.5) is 0 Å². The molecule has 0 radical (unpaired) electrons. The predicted molar refractivity (Wildman–Crippen MR) is 82.1 cm³/mol. The van der Waals surface area contributed by atoms with Gasteiger partial charge < -0.3 is 15.1 Å². The number of nitrogens with zero attached hydrogens (tertiary/aromatic N) is 3. The molecule has 2 fully saturated rings. The lowest BCUT2D eigenvalue weighted by Crippen LogP contribution is -2.43. The Morgan fingerprint density at radius 3 is 2.27 bits per heavy atom. The summed E-state index contributed by atoms with van der Waals surface area (Å²) in [5.41, 5.74) is 0. The lowest BCUT2D eigenvalue weighted by molar-refractivity contribution is -0.133. The fourth-order valence-corrected chi connectivity index (χ4v) is 3.14. The lowest BCUT2D eigenvalue weighted by atomic mass is 10.1. The number of rotatable bonds is 3. The van der Waals surface area contributed by atoms with Crippen LogP contribution < -0.4 is 5.32 Å². The van der Waals surface area contributed by atoms with Crippen LogP contribution in [0.25, 0.3) is 0 Å². The highest BCUT2D eigenvalue weighted by Gasteiger charge is 2.30. The van der Waals surface area contributed by atoms with E-state index in [1.165, 1.54) is 6.92 Å². The maximum absolute atomic E-state index is 12.3. The summed E-state index contributed by atoms with van der Waals surface area (Å²) in [6, 6.07) is 0. The van der Waals surface area contributed by atoms with Gasteiger partial charge in [0.15, 0.2) is 0 Å². The molecule has 1 atom stereocenters. The zero-order valence-corrected chi connectivity index (χ0v) is 13.5. The number of nitrogens with one attached hydrogen (secondary N) is 1. The van der Waals surface area contributed by atoms with E-state index in [9.17, 15) is 14.4 Å². The molecular weight excluding hydrogens is 284 g/mol. The van der Waals surface area contributed by atoms with Crippen molar-refractivity contribution in [3.63, 3.8) is 0 Å².